The maximum absolute atomic E-state index is 13.6. The van der Waals surface area contributed by atoms with Gasteiger partial charge in [-0.05, 0) is 39.0 Å². The number of aryl methyl sites for hydroxylation is 2. The van der Waals surface area contributed by atoms with E-state index in [0.717, 1.165) is 12.1 Å². The molecule has 0 spiro atoms. The first-order valence-corrected chi connectivity index (χ1v) is 8.26. The minimum absolute atomic E-state index is 0.397. The Bertz CT molecular complexity index is 828. The lowest BCUT2D eigenvalue weighted by Crippen LogP contribution is -2.39. The summed E-state index contributed by atoms with van der Waals surface area (Å²) < 4.78 is 58.2. The molecule has 0 fully saturated rings. The second kappa shape index (κ2) is 6.03. The van der Waals surface area contributed by atoms with E-state index in [9.17, 15) is 22.3 Å². The molecule has 2 aromatic rings. The van der Waals surface area contributed by atoms with Crippen LogP contribution in [0.5, 0.6) is 0 Å². The van der Waals surface area contributed by atoms with Gasteiger partial charge < -0.3 is 9.52 Å². The van der Waals surface area contributed by atoms with Crippen LogP contribution in [-0.2, 0) is 15.6 Å². The maximum Gasteiger partial charge on any atom is 0.243 e. The van der Waals surface area contributed by atoms with Gasteiger partial charge in [-0.3, -0.25) is 0 Å². The van der Waals surface area contributed by atoms with Gasteiger partial charge in [0.05, 0.1) is 0 Å². The zero-order valence-corrected chi connectivity index (χ0v) is 13.7. The van der Waals surface area contributed by atoms with Crippen molar-refractivity contribution in [3.63, 3.8) is 0 Å². The van der Waals surface area contributed by atoms with Crippen LogP contribution in [0.1, 0.15) is 24.0 Å². The second-order valence-corrected chi connectivity index (χ2v) is 7.24. The van der Waals surface area contributed by atoms with Gasteiger partial charge in [-0.2, -0.15) is 0 Å². The lowest BCUT2D eigenvalue weighted by molar-refractivity contribution is 0.0612. The average Bonchev–Trinajstić information content (AvgIpc) is 2.76. The molecule has 1 unspecified atom stereocenters. The summed E-state index contributed by atoms with van der Waals surface area (Å²) in [5.74, 6) is -1.05. The van der Waals surface area contributed by atoms with Crippen LogP contribution >= 0.6 is 0 Å². The Morgan fingerprint density at radius 2 is 1.91 bits per heavy atom. The minimum atomic E-state index is -4.24. The van der Waals surface area contributed by atoms with E-state index in [2.05, 4.69) is 4.72 Å². The summed E-state index contributed by atoms with van der Waals surface area (Å²) in [4.78, 5) is -0.685. The van der Waals surface area contributed by atoms with Crippen LogP contribution in [0.3, 0.4) is 0 Å². The van der Waals surface area contributed by atoms with Gasteiger partial charge in [-0.15, -0.1) is 0 Å². The lowest BCUT2D eigenvalue weighted by atomic mass is 9.97. The van der Waals surface area contributed by atoms with Crippen LogP contribution in [-0.4, -0.2) is 20.1 Å². The molecule has 1 aromatic heterocycles. The largest absolute Gasteiger partial charge is 0.466 e. The Morgan fingerprint density at radius 1 is 1.26 bits per heavy atom. The van der Waals surface area contributed by atoms with Crippen molar-refractivity contribution >= 4 is 10.0 Å². The van der Waals surface area contributed by atoms with Crippen LogP contribution in [0.25, 0.3) is 0 Å². The SMILES string of the molecule is Cc1cc(C(C)(O)CNS(=O)(=O)c2ccc(F)cc2F)c(C)o1. The summed E-state index contributed by atoms with van der Waals surface area (Å²) in [5, 5.41) is 10.5. The fourth-order valence-electron chi connectivity index (χ4n) is 2.27. The molecule has 0 radical (unpaired) electrons. The molecule has 0 bridgehead atoms. The van der Waals surface area contributed by atoms with E-state index >= 15 is 0 Å². The fourth-order valence-corrected chi connectivity index (χ4v) is 3.46. The second-order valence-electron chi connectivity index (χ2n) is 5.50. The van der Waals surface area contributed by atoms with Crippen LogP contribution in [0.4, 0.5) is 8.78 Å². The Labute approximate surface area is 133 Å². The Balaban J connectivity index is 2.23. The molecule has 1 aromatic carbocycles. The van der Waals surface area contributed by atoms with Crippen LogP contribution < -0.4 is 4.72 Å². The van der Waals surface area contributed by atoms with Crippen molar-refractivity contribution in [3.05, 3.63) is 53.0 Å². The summed E-state index contributed by atoms with van der Waals surface area (Å²) in [7, 11) is -4.24. The zero-order chi connectivity index (χ0) is 17.4. The van der Waals surface area contributed by atoms with Crippen molar-refractivity contribution in [2.45, 2.75) is 31.3 Å². The van der Waals surface area contributed by atoms with E-state index < -0.39 is 38.7 Å². The van der Waals surface area contributed by atoms with Crippen LogP contribution in [0.15, 0.2) is 33.6 Å². The molecule has 5 nitrogen and oxygen atoms in total. The predicted molar refractivity (Wildman–Crippen MR) is 79.3 cm³/mol. The summed E-state index contributed by atoms with van der Waals surface area (Å²) >= 11 is 0. The molecule has 8 heteroatoms. The van der Waals surface area contributed by atoms with Gasteiger partial charge in [0.1, 0.15) is 33.7 Å². The number of rotatable bonds is 5. The summed E-state index contributed by atoms with van der Waals surface area (Å²) in [6, 6.07) is 3.76. The number of furan rings is 1. The van der Waals surface area contributed by atoms with Crippen molar-refractivity contribution in [1.29, 1.82) is 0 Å². The van der Waals surface area contributed by atoms with Gasteiger partial charge >= 0.3 is 0 Å². The minimum Gasteiger partial charge on any atom is -0.466 e. The van der Waals surface area contributed by atoms with Gasteiger partial charge in [-0.1, -0.05) is 0 Å². The molecule has 2 N–H and O–H groups in total. The zero-order valence-electron chi connectivity index (χ0n) is 12.9. The molecule has 2 rings (SSSR count). The maximum atomic E-state index is 13.6. The van der Waals surface area contributed by atoms with Gasteiger partial charge in [0.2, 0.25) is 10.0 Å². The van der Waals surface area contributed by atoms with Crippen molar-refractivity contribution in [2.75, 3.05) is 6.54 Å². The standard InChI is InChI=1S/C15H17F2NO4S/c1-9-6-12(10(2)22-9)15(3,19)8-18-23(20,21)14-5-4-11(16)7-13(14)17/h4-7,18-19H,8H2,1-3H3. The Morgan fingerprint density at radius 3 is 2.43 bits per heavy atom. The van der Waals surface area contributed by atoms with Crippen molar-refractivity contribution in [1.82, 2.24) is 4.72 Å². The van der Waals surface area contributed by atoms with Crippen molar-refractivity contribution in [3.8, 4) is 0 Å². The normalized spacial score (nSPS) is 14.7. The number of hydrogen-bond donors (Lipinski definition) is 2. The number of halogens is 2. The van der Waals surface area contributed by atoms with E-state index in [0.29, 0.717) is 23.2 Å². The molecule has 0 aliphatic carbocycles. The van der Waals surface area contributed by atoms with Crippen molar-refractivity contribution in [2.24, 2.45) is 0 Å². The molecule has 0 aliphatic heterocycles. The first kappa shape index (κ1) is 17.6. The van der Waals surface area contributed by atoms with Crippen LogP contribution in [0.2, 0.25) is 0 Å². The quantitative estimate of drug-likeness (QED) is 0.872. The molecule has 0 saturated heterocycles. The first-order valence-electron chi connectivity index (χ1n) is 6.77. The molecule has 126 valence electrons. The van der Waals surface area contributed by atoms with Gasteiger partial charge in [0.15, 0.2) is 0 Å². The molecule has 1 atom stereocenters. The van der Waals surface area contributed by atoms with Gasteiger partial charge in [-0.25, -0.2) is 21.9 Å². The highest BCUT2D eigenvalue weighted by Gasteiger charge is 2.30. The Hall–Kier alpha value is -1.77. The first-order chi connectivity index (χ1) is 10.5. The summed E-state index contributed by atoms with van der Waals surface area (Å²) in [6.45, 7) is 4.36. The van der Waals surface area contributed by atoms with Gasteiger partial charge in [0.25, 0.3) is 0 Å². The number of nitrogens with one attached hydrogen (secondary N) is 1. The van der Waals surface area contributed by atoms with Crippen molar-refractivity contribution < 1.29 is 26.7 Å². The smallest absolute Gasteiger partial charge is 0.243 e. The Kier molecular flexibility index (Phi) is 4.61. The number of aliphatic hydroxyl groups is 1. The third kappa shape index (κ3) is 3.77. The number of benzene rings is 1. The molecule has 1 heterocycles. The van der Waals surface area contributed by atoms with E-state index in [-0.39, 0.29) is 0 Å². The highest BCUT2D eigenvalue weighted by atomic mass is 32.2. The highest BCUT2D eigenvalue weighted by Crippen LogP contribution is 2.27. The third-order valence-corrected chi connectivity index (χ3v) is 4.85. The average molecular weight is 345 g/mol. The summed E-state index contributed by atoms with van der Waals surface area (Å²) in [6.07, 6.45) is 0. The fraction of sp³-hybridized carbons (Fsp3) is 0.333. The van der Waals surface area contributed by atoms with Crippen LogP contribution in [0, 0.1) is 25.5 Å². The van der Waals surface area contributed by atoms with E-state index in [1.807, 2.05) is 0 Å². The number of sulfonamides is 1. The van der Waals surface area contributed by atoms with E-state index in [1.54, 1.807) is 19.9 Å². The molecular weight excluding hydrogens is 328 g/mol. The predicted octanol–water partition coefficient (Wildman–Crippen LogP) is 2.36. The summed E-state index contributed by atoms with van der Waals surface area (Å²) in [5.41, 5.74) is -1.12. The van der Waals surface area contributed by atoms with E-state index in [1.165, 1.54) is 6.92 Å². The molecular formula is C15H17F2NO4S. The topological polar surface area (TPSA) is 79.5 Å². The lowest BCUT2D eigenvalue weighted by Gasteiger charge is -2.23. The molecule has 0 amide bonds. The highest BCUT2D eigenvalue weighted by molar-refractivity contribution is 7.89. The molecule has 23 heavy (non-hydrogen) atoms. The number of hydrogen-bond acceptors (Lipinski definition) is 4. The van der Waals surface area contributed by atoms with E-state index in [4.69, 9.17) is 4.42 Å². The van der Waals surface area contributed by atoms with Gasteiger partial charge in [0, 0.05) is 18.2 Å². The molecule has 0 aliphatic rings. The third-order valence-electron chi connectivity index (χ3n) is 3.41. The monoisotopic (exact) mass is 345 g/mol. The molecule has 0 saturated carbocycles.